The maximum Gasteiger partial charge on any atom is 0.258 e. The van der Waals surface area contributed by atoms with E-state index in [0.717, 1.165) is 11.9 Å². The van der Waals surface area contributed by atoms with E-state index in [9.17, 15) is 18.3 Å². The van der Waals surface area contributed by atoms with E-state index in [1.54, 1.807) is 24.0 Å². The van der Waals surface area contributed by atoms with Crippen LogP contribution in [0.4, 0.5) is 5.69 Å². The molecule has 0 radical (unpaired) electrons. The van der Waals surface area contributed by atoms with Crippen molar-refractivity contribution in [1.82, 2.24) is 9.21 Å². The van der Waals surface area contributed by atoms with Gasteiger partial charge in [0.2, 0.25) is 10.0 Å². The molecule has 1 heterocycles. The van der Waals surface area contributed by atoms with Crippen molar-refractivity contribution in [3.05, 3.63) is 23.8 Å². The van der Waals surface area contributed by atoms with Crippen LogP contribution in [0, 0.1) is 5.92 Å². The number of ether oxygens (including phenoxy) is 1. The molecule has 0 unspecified atom stereocenters. The maximum atomic E-state index is 13.2. The van der Waals surface area contributed by atoms with Gasteiger partial charge in [-0.2, -0.15) is 0 Å². The highest BCUT2D eigenvalue weighted by molar-refractivity contribution is 7.88. The number of aliphatic hydroxyl groups is 1. The number of amides is 1. The Morgan fingerprint density at radius 3 is 2.50 bits per heavy atom. The third-order valence-corrected chi connectivity index (χ3v) is 6.45. The highest BCUT2D eigenvalue weighted by Crippen LogP contribution is 2.31. The van der Waals surface area contributed by atoms with Crippen molar-refractivity contribution in [2.24, 2.45) is 5.92 Å². The summed E-state index contributed by atoms with van der Waals surface area (Å²) in [5.41, 5.74) is 1.26. The molecule has 8 nitrogen and oxygen atoms in total. The Balaban J connectivity index is 2.50. The lowest BCUT2D eigenvalue weighted by atomic mass is 9.99. The molecular formula is C19H31N3O5S. The van der Waals surface area contributed by atoms with Crippen LogP contribution >= 0.6 is 0 Å². The van der Waals surface area contributed by atoms with E-state index >= 15 is 0 Å². The Bertz CT molecular complexity index is 812. The molecule has 2 rings (SSSR count). The number of aliphatic hydroxyl groups excluding tert-OH is 1. The number of carbonyl (C=O) groups excluding carboxylic acids is 1. The molecule has 1 amide bonds. The van der Waals surface area contributed by atoms with Crippen LogP contribution in [0.2, 0.25) is 0 Å². The molecule has 3 atom stereocenters. The van der Waals surface area contributed by atoms with Crippen LogP contribution in [0.5, 0.6) is 5.75 Å². The monoisotopic (exact) mass is 413 g/mol. The van der Waals surface area contributed by atoms with Gasteiger partial charge in [-0.3, -0.25) is 4.79 Å². The Hall–Kier alpha value is -1.84. The molecule has 0 aliphatic carbocycles. The van der Waals surface area contributed by atoms with Crippen molar-refractivity contribution in [1.29, 1.82) is 0 Å². The van der Waals surface area contributed by atoms with E-state index in [0.29, 0.717) is 17.9 Å². The second kappa shape index (κ2) is 8.67. The predicted octanol–water partition coefficient (Wildman–Crippen LogP) is 0.864. The molecule has 1 aliphatic rings. The Morgan fingerprint density at radius 2 is 1.96 bits per heavy atom. The average molecular weight is 414 g/mol. The summed E-state index contributed by atoms with van der Waals surface area (Å²) in [5.74, 6) is 0.0787. The Morgan fingerprint density at radius 1 is 1.32 bits per heavy atom. The zero-order valence-electron chi connectivity index (χ0n) is 17.4. The van der Waals surface area contributed by atoms with Crippen molar-refractivity contribution >= 4 is 21.6 Å². The summed E-state index contributed by atoms with van der Waals surface area (Å²) >= 11 is 0. The van der Waals surface area contributed by atoms with Crippen molar-refractivity contribution in [3.63, 3.8) is 0 Å². The molecule has 0 saturated heterocycles. The summed E-state index contributed by atoms with van der Waals surface area (Å²) in [6.45, 7) is 4.08. The van der Waals surface area contributed by atoms with Gasteiger partial charge in [0.25, 0.3) is 5.91 Å². The zero-order chi connectivity index (χ0) is 21.2. The quantitative estimate of drug-likeness (QED) is 0.744. The van der Waals surface area contributed by atoms with E-state index in [4.69, 9.17) is 4.74 Å². The number of carbonyl (C=O) groups is 1. The summed E-state index contributed by atoms with van der Waals surface area (Å²) in [5, 5.41) is 9.64. The summed E-state index contributed by atoms with van der Waals surface area (Å²) in [6, 6.07) is 5.00. The van der Waals surface area contributed by atoms with Gasteiger partial charge in [0.1, 0.15) is 11.9 Å². The van der Waals surface area contributed by atoms with Crippen molar-refractivity contribution < 1.29 is 23.1 Å². The second-order valence-corrected chi connectivity index (χ2v) is 9.83. The van der Waals surface area contributed by atoms with Crippen molar-refractivity contribution in [3.8, 4) is 5.75 Å². The lowest BCUT2D eigenvalue weighted by Gasteiger charge is -2.38. The molecule has 1 aliphatic heterocycles. The van der Waals surface area contributed by atoms with Gasteiger partial charge in [-0.15, -0.1) is 0 Å². The highest BCUT2D eigenvalue weighted by Gasteiger charge is 2.34. The van der Waals surface area contributed by atoms with Crippen LogP contribution in [0.1, 0.15) is 24.2 Å². The molecule has 0 spiro atoms. The van der Waals surface area contributed by atoms with E-state index in [2.05, 4.69) is 0 Å². The van der Waals surface area contributed by atoms with Gasteiger partial charge in [-0.1, -0.05) is 6.92 Å². The fraction of sp³-hybridized carbons (Fsp3) is 0.632. The molecule has 1 aromatic rings. The lowest BCUT2D eigenvalue weighted by molar-refractivity contribution is 0.0387. The van der Waals surface area contributed by atoms with Gasteiger partial charge in [0.05, 0.1) is 31.0 Å². The van der Waals surface area contributed by atoms with Crippen molar-refractivity contribution in [2.45, 2.75) is 26.0 Å². The molecule has 9 heteroatoms. The Kier molecular flexibility index (Phi) is 6.95. The first-order valence-corrected chi connectivity index (χ1v) is 11.1. The van der Waals surface area contributed by atoms with E-state index in [-0.39, 0.29) is 31.0 Å². The third-order valence-electron chi connectivity index (χ3n) is 5.17. The first-order chi connectivity index (χ1) is 13.0. The van der Waals surface area contributed by atoms with Crippen LogP contribution < -0.4 is 9.64 Å². The standard InChI is InChI=1S/C19H31N3O5S/c1-13-10-22(14(2)12-23)19(24)16-9-15(20(3)4)7-8-17(16)27-18(13)11-21(5)28(6,25)26/h7-9,13-14,18,23H,10-12H2,1-6H3/t13-,14+,18+/m0/s1. The average Bonchev–Trinajstić information content (AvgIpc) is 2.62. The normalized spacial score (nSPS) is 21.6. The number of fused-ring (bicyclic) bond motifs is 1. The molecule has 0 bridgehead atoms. The minimum absolute atomic E-state index is 0.135. The molecule has 0 aromatic heterocycles. The molecular weight excluding hydrogens is 382 g/mol. The molecule has 1 aromatic carbocycles. The van der Waals surface area contributed by atoms with Crippen LogP contribution in [-0.2, 0) is 10.0 Å². The number of anilines is 1. The highest BCUT2D eigenvalue weighted by atomic mass is 32.2. The number of nitrogens with zero attached hydrogens (tertiary/aromatic N) is 3. The van der Waals surface area contributed by atoms with Crippen molar-refractivity contribution in [2.75, 3.05) is 52.0 Å². The van der Waals surface area contributed by atoms with Crippen LogP contribution in [0.3, 0.4) is 0 Å². The molecule has 0 saturated carbocycles. The first kappa shape index (κ1) is 22.4. The van der Waals surface area contributed by atoms with E-state index < -0.39 is 16.1 Å². The molecule has 28 heavy (non-hydrogen) atoms. The number of rotatable bonds is 6. The molecule has 1 N–H and O–H groups in total. The van der Waals surface area contributed by atoms with Gasteiger partial charge < -0.3 is 19.6 Å². The van der Waals surface area contributed by atoms with Gasteiger partial charge in [0, 0.05) is 39.3 Å². The van der Waals surface area contributed by atoms with Crippen LogP contribution in [0.25, 0.3) is 0 Å². The number of sulfonamides is 1. The Labute approximate surface area is 167 Å². The minimum atomic E-state index is -3.36. The fourth-order valence-corrected chi connectivity index (χ4v) is 3.51. The fourth-order valence-electron chi connectivity index (χ4n) is 3.10. The number of hydrogen-bond acceptors (Lipinski definition) is 6. The van der Waals surface area contributed by atoms with Gasteiger partial charge >= 0.3 is 0 Å². The molecule has 0 fully saturated rings. The number of benzene rings is 1. The van der Waals surface area contributed by atoms with Crippen LogP contribution in [0.15, 0.2) is 18.2 Å². The van der Waals surface area contributed by atoms with E-state index in [1.165, 1.54) is 11.4 Å². The smallest absolute Gasteiger partial charge is 0.258 e. The summed E-state index contributed by atoms with van der Waals surface area (Å²) in [4.78, 5) is 16.7. The SMILES string of the molecule is C[C@H](CO)N1C[C@H](C)[C@@H](CN(C)S(C)(=O)=O)Oc2ccc(N(C)C)cc2C1=O. The number of hydrogen-bond donors (Lipinski definition) is 1. The topological polar surface area (TPSA) is 90.4 Å². The second-order valence-electron chi connectivity index (χ2n) is 7.74. The molecule has 158 valence electrons. The largest absolute Gasteiger partial charge is 0.488 e. The van der Waals surface area contributed by atoms with Gasteiger partial charge in [0.15, 0.2) is 0 Å². The third kappa shape index (κ3) is 4.95. The summed E-state index contributed by atoms with van der Waals surface area (Å²) < 4.78 is 31.1. The number of likely N-dealkylation sites (N-methyl/N-ethyl adjacent to an activating group) is 1. The summed E-state index contributed by atoms with van der Waals surface area (Å²) in [6.07, 6.45) is 0.715. The van der Waals surface area contributed by atoms with Crippen LogP contribution in [-0.4, -0.2) is 87.9 Å². The zero-order valence-corrected chi connectivity index (χ0v) is 18.2. The van der Waals surface area contributed by atoms with E-state index in [1.807, 2.05) is 32.0 Å². The van der Waals surface area contributed by atoms with Gasteiger partial charge in [-0.25, -0.2) is 12.7 Å². The lowest BCUT2D eigenvalue weighted by Crippen LogP contribution is -2.50. The first-order valence-electron chi connectivity index (χ1n) is 9.26. The summed E-state index contributed by atoms with van der Waals surface area (Å²) in [7, 11) is 1.92. The predicted molar refractivity (Wildman–Crippen MR) is 109 cm³/mol. The minimum Gasteiger partial charge on any atom is -0.488 e. The van der Waals surface area contributed by atoms with Gasteiger partial charge in [-0.05, 0) is 25.1 Å². The maximum absolute atomic E-state index is 13.2.